The quantitative estimate of drug-likeness (QED) is 0.857. The summed E-state index contributed by atoms with van der Waals surface area (Å²) < 4.78 is 0.977. The zero-order valence-electron chi connectivity index (χ0n) is 7.24. The fourth-order valence-corrected chi connectivity index (χ4v) is 1.52. The number of H-pyrrole nitrogens is 1. The molecule has 2 rings (SSSR count). The van der Waals surface area contributed by atoms with Crippen molar-refractivity contribution >= 4 is 15.9 Å². The molecule has 2 N–H and O–H groups in total. The number of hydrogen-bond acceptors (Lipinski definition) is 3. The number of halogens is 1. The molecule has 0 aliphatic heterocycles. The molecule has 2 aromatic rings. The number of benzene rings is 1. The maximum absolute atomic E-state index is 8.81. The maximum atomic E-state index is 8.81. The van der Waals surface area contributed by atoms with Crippen LogP contribution in [-0.2, 0) is 6.61 Å². The third-order valence-electron chi connectivity index (χ3n) is 1.76. The van der Waals surface area contributed by atoms with Crippen molar-refractivity contribution in [2.24, 2.45) is 0 Å². The van der Waals surface area contributed by atoms with Crippen molar-refractivity contribution in [3.63, 3.8) is 0 Å². The summed E-state index contributed by atoms with van der Waals surface area (Å²) in [7, 11) is 0. The van der Waals surface area contributed by atoms with Gasteiger partial charge in [-0.15, -0.1) is 0 Å². The molecule has 0 saturated heterocycles. The number of nitrogens with one attached hydrogen (secondary N) is 1. The molecule has 0 bridgehead atoms. The molecule has 0 atom stereocenters. The largest absolute Gasteiger partial charge is 0.388 e. The van der Waals surface area contributed by atoms with Gasteiger partial charge in [0.05, 0.1) is 0 Å². The van der Waals surface area contributed by atoms with Crippen LogP contribution in [0.15, 0.2) is 28.7 Å². The molecular weight excluding hydrogens is 246 g/mol. The molecule has 0 amide bonds. The first kappa shape index (κ1) is 9.36. The van der Waals surface area contributed by atoms with Crippen molar-refractivity contribution in [3.8, 4) is 11.4 Å². The van der Waals surface area contributed by atoms with Crippen molar-refractivity contribution < 1.29 is 5.11 Å². The topological polar surface area (TPSA) is 61.8 Å². The Morgan fingerprint density at radius 3 is 2.93 bits per heavy atom. The number of aromatic amines is 1. The lowest BCUT2D eigenvalue weighted by Crippen LogP contribution is -1.84. The van der Waals surface area contributed by atoms with Gasteiger partial charge >= 0.3 is 0 Å². The van der Waals surface area contributed by atoms with E-state index in [1.54, 1.807) is 0 Å². The second-order valence-electron chi connectivity index (χ2n) is 2.77. The highest BCUT2D eigenvalue weighted by Crippen LogP contribution is 2.19. The van der Waals surface area contributed by atoms with Gasteiger partial charge in [-0.3, -0.25) is 5.10 Å². The van der Waals surface area contributed by atoms with Crippen molar-refractivity contribution in [1.29, 1.82) is 0 Å². The van der Waals surface area contributed by atoms with E-state index < -0.39 is 0 Å². The number of nitrogens with zero attached hydrogens (tertiary/aromatic N) is 2. The summed E-state index contributed by atoms with van der Waals surface area (Å²) in [6.07, 6.45) is 0. The predicted molar refractivity (Wildman–Crippen MR) is 55.4 cm³/mol. The Kier molecular flexibility index (Phi) is 2.60. The van der Waals surface area contributed by atoms with Crippen molar-refractivity contribution in [1.82, 2.24) is 15.2 Å². The van der Waals surface area contributed by atoms with Crippen LogP contribution in [-0.4, -0.2) is 20.3 Å². The molecule has 0 spiro atoms. The molecular formula is C9H8BrN3O. The van der Waals surface area contributed by atoms with Crippen LogP contribution in [0, 0.1) is 0 Å². The summed E-state index contributed by atoms with van der Waals surface area (Å²) in [4.78, 5) is 4.10. The maximum Gasteiger partial charge on any atom is 0.181 e. The minimum absolute atomic E-state index is 0.124. The minimum Gasteiger partial charge on any atom is -0.388 e. The molecule has 5 heteroatoms. The summed E-state index contributed by atoms with van der Waals surface area (Å²) in [5.41, 5.74) is 0.912. The van der Waals surface area contributed by atoms with Gasteiger partial charge in [0.2, 0.25) is 0 Å². The van der Waals surface area contributed by atoms with E-state index >= 15 is 0 Å². The fraction of sp³-hybridized carbons (Fsp3) is 0.111. The summed E-state index contributed by atoms with van der Waals surface area (Å²) in [6.45, 7) is -0.124. The smallest absolute Gasteiger partial charge is 0.181 e. The molecule has 0 fully saturated rings. The number of aliphatic hydroxyl groups excluding tert-OH is 1. The number of rotatable bonds is 2. The Morgan fingerprint density at radius 2 is 2.29 bits per heavy atom. The van der Waals surface area contributed by atoms with Crippen LogP contribution >= 0.6 is 15.9 Å². The van der Waals surface area contributed by atoms with Crippen molar-refractivity contribution in [2.45, 2.75) is 6.61 Å². The lowest BCUT2D eigenvalue weighted by atomic mass is 10.2. The monoisotopic (exact) mass is 253 g/mol. The second kappa shape index (κ2) is 3.89. The molecule has 14 heavy (non-hydrogen) atoms. The zero-order valence-corrected chi connectivity index (χ0v) is 8.82. The summed E-state index contributed by atoms with van der Waals surface area (Å²) in [5.74, 6) is 1.07. The Balaban J connectivity index is 2.39. The van der Waals surface area contributed by atoms with Crippen LogP contribution in [0.25, 0.3) is 11.4 Å². The van der Waals surface area contributed by atoms with Gasteiger partial charge < -0.3 is 5.11 Å². The Morgan fingerprint density at radius 1 is 1.43 bits per heavy atom. The molecule has 0 radical (unpaired) electrons. The average Bonchev–Trinajstić information content (AvgIpc) is 2.66. The third-order valence-corrected chi connectivity index (χ3v) is 2.26. The van der Waals surface area contributed by atoms with Gasteiger partial charge in [-0.05, 0) is 12.1 Å². The Hall–Kier alpha value is -1.20. The summed E-state index contributed by atoms with van der Waals surface area (Å²) in [6, 6.07) is 7.68. The van der Waals surface area contributed by atoms with E-state index in [-0.39, 0.29) is 6.61 Å². The standard InChI is InChI=1S/C9H8BrN3O/c10-7-3-1-2-6(4-7)9-11-8(5-14)12-13-9/h1-4,14H,5H2,(H,11,12,13). The molecule has 0 aliphatic carbocycles. The Labute approximate surface area is 89.1 Å². The van der Waals surface area contributed by atoms with Crippen molar-refractivity contribution in [2.75, 3.05) is 0 Å². The first-order valence-electron chi connectivity index (χ1n) is 4.07. The van der Waals surface area contributed by atoms with Crippen LogP contribution < -0.4 is 0 Å². The van der Waals surface area contributed by atoms with Crippen LogP contribution in [0.4, 0.5) is 0 Å². The van der Waals surface area contributed by atoms with Crippen LogP contribution in [0.2, 0.25) is 0 Å². The first-order valence-corrected chi connectivity index (χ1v) is 4.87. The first-order chi connectivity index (χ1) is 6.79. The van der Waals surface area contributed by atoms with E-state index in [1.807, 2.05) is 24.3 Å². The van der Waals surface area contributed by atoms with Crippen LogP contribution in [0.5, 0.6) is 0 Å². The van der Waals surface area contributed by atoms with Gasteiger partial charge in [0.25, 0.3) is 0 Å². The normalized spacial score (nSPS) is 10.4. The molecule has 0 aliphatic rings. The van der Waals surface area contributed by atoms with Gasteiger partial charge in [0.15, 0.2) is 11.6 Å². The Bertz CT molecular complexity index is 441. The minimum atomic E-state index is -0.124. The lowest BCUT2D eigenvalue weighted by molar-refractivity contribution is 0.272. The lowest BCUT2D eigenvalue weighted by Gasteiger charge is -1.94. The predicted octanol–water partition coefficient (Wildman–Crippen LogP) is 1.73. The zero-order chi connectivity index (χ0) is 9.97. The van der Waals surface area contributed by atoms with Gasteiger partial charge in [0, 0.05) is 10.0 Å². The molecule has 1 aromatic carbocycles. The average molecular weight is 254 g/mol. The molecule has 72 valence electrons. The van der Waals surface area contributed by atoms with Crippen LogP contribution in [0.3, 0.4) is 0 Å². The van der Waals surface area contributed by atoms with E-state index in [0.717, 1.165) is 10.0 Å². The van der Waals surface area contributed by atoms with Crippen molar-refractivity contribution in [3.05, 3.63) is 34.6 Å². The van der Waals surface area contributed by atoms with E-state index in [0.29, 0.717) is 11.6 Å². The summed E-state index contributed by atoms with van der Waals surface area (Å²) >= 11 is 3.37. The number of hydrogen-bond donors (Lipinski definition) is 2. The number of aromatic nitrogens is 3. The van der Waals surface area contributed by atoms with Gasteiger partial charge in [0.1, 0.15) is 6.61 Å². The van der Waals surface area contributed by atoms with E-state index in [1.165, 1.54) is 0 Å². The molecule has 1 heterocycles. The number of aliphatic hydroxyl groups is 1. The third kappa shape index (κ3) is 1.83. The van der Waals surface area contributed by atoms with Gasteiger partial charge in [-0.1, -0.05) is 28.1 Å². The van der Waals surface area contributed by atoms with E-state index in [9.17, 15) is 0 Å². The highest BCUT2D eigenvalue weighted by atomic mass is 79.9. The fourth-order valence-electron chi connectivity index (χ4n) is 1.12. The molecule has 0 saturated carbocycles. The van der Waals surface area contributed by atoms with E-state index in [2.05, 4.69) is 31.1 Å². The second-order valence-corrected chi connectivity index (χ2v) is 3.69. The molecule has 0 unspecified atom stereocenters. The highest BCUT2D eigenvalue weighted by molar-refractivity contribution is 9.10. The molecule has 1 aromatic heterocycles. The van der Waals surface area contributed by atoms with Gasteiger partial charge in [-0.2, -0.15) is 5.10 Å². The summed E-state index contributed by atoms with van der Waals surface area (Å²) in [5, 5.41) is 15.4. The molecule has 4 nitrogen and oxygen atoms in total. The highest BCUT2D eigenvalue weighted by Gasteiger charge is 2.04. The SMILES string of the molecule is OCc1nc(-c2cccc(Br)c2)n[nH]1. The van der Waals surface area contributed by atoms with Crippen LogP contribution in [0.1, 0.15) is 5.82 Å². The van der Waals surface area contributed by atoms with Gasteiger partial charge in [-0.25, -0.2) is 4.98 Å². The van der Waals surface area contributed by atoms with E-state index in [4.69, 9.17) is 5.11 Å².